The average molecular weight is 415 g/mol. The van der Waals surface area contributed by atoms with Crippen LogP contribution in [0.15, 0.2) is 36.4 Å². The Morgan fingerprint density at radius 1 is 1.00 bits per heavy atom. The van der Waals surface area contributed by atoms with E-state index in [9.17, 15) is 15.0 Å². The van der Waals surface area contributed by atoms with Gasteiger partial charge in [-0.2, -0.15) is 0 Å². The van der Waals surface area contributed by atoms with Gasteiger partial charge in [-0.05, 0) is 63.9 Å². The summed E-state index contributed by atoms with van der Waals surface area (Å²) in [7, 11) is 0. The molecule has 7 heteroatoms. The van der Waals surface area contributed by atoms with Crippen LogP contribution in [-0.2, 0) is 4.74 Å². The van der Waals surface area contributed by atoms with Crippen molar-refractivity contribution < 1.29 is 29.2 Å². The van der Waals surface area contributed by atoms with Gasteiger partial charge in [0.05, 0.1) is 19.8 Å². The summed E-state index contributed by atoms with van der Waals surface area (Å²) in [5, 5.41) is 18.5. The van der Waals surface area contributed by atoms with E-state index in [4.69, 9.17) is 20.8 Å². The minimum absolute atomic E-state index is 0.0408. The van der Waals surface area contributed by atoms with Crippen LogP contribution in [0.1, 0.15) is 44.0 Å². The number of phenolic OH excluding ortho intramolecular Hbond substituents is 2. The predicted molar refractivity (Wildman–Crippen MR) is 115 cm³/mol. The molecular formula is C23H29NO6. The summed E-state index contributed by atoms with van der Waals surface area (Å²) in [4.78, 5) is 14.2. The van der Waals surface area contributed by atoms with E-state index in [1.54, 1.807) is 18.2 Å². The molecule has 0 saturated carbocycles. The second-order valence-corrected chi connectivity index (χ2v) is 6.19. The minimum atomic E-state index is -0.0408. The number of benzene rings is 2. The summed E-state index contributed by atoms with van der Waals surface area (Å²) in [6, 6.07) is 9.10. The van der Waals surface area contributed by atoms with Crippen LogP contribution in [-0.4, -0.2) is 42.4 Å². The second kappa shape index (κ2) is 13.9. The third kappa shape index (κ3) is 8.84. The van der Waals surface area contributed by atoms with Gasteiger partial charge in [-0.3, -0.25) is 4.79 Å². The van der Waals surface area contributed by atoms with Crippen LogP contribution in [0, 0.1) is 6.57 Å². The summed E-state index contributed by atoms with van der Waals surface area (Å²) in [6.45, 7) is 14.8. The fraction of sp³-hybridized carbons (Fsp3) is 0.391. The number of hydrogen-bond donors (Lipinski definition) is 2. The first-order valence-electron chi connectivity index (χ1n) is 9.80. The Hall–Kier alpha value is -3.24. The lowest BCUT2D eigenvalue weighted by Gasteiger charge is -2.06. The van der Waals surface area contributed by atoms with E-state index in [1.165, 1.54) is 38.0 Å². The molecule has 1 fully saturated rings. The molecule has 0 aromatic heterocycles. The van der Waals surface area contributed by atoms with Crippen LogP contribution in [0.25, 0.3) is 4.85 Å². The van der Waals surface area contributed by atoms with Crippen molar-refractivity contribution in [2.75, 3.05) is 26.4 Å². The van der Waals surface area contributed by atoms with Gasteiger partial charge in [0.15, 0.2) is 34.5 Å². The maximum atomic E-state index is 11.0. The molecule has 0 spiro atoms. The van der Waals surface area contributed by atoms with Gasteiger partial charge in [0, 0.05) is 18.8 Å². The smallest absolute Gasteiger partial charge is 0.191 e. The first kappa shape index (κ1) is 24.8. The molecule has 0 bridgehead atoms. The Balaban J connectivity index is 0.000000245. The molecule has 1 heterocycles. The van der Waals surface area contributed by atoms with Gasteiger partial charge in [-0.15, -0.1) is 0 Å². The Kier molecular flexibility index (Phi) is 11.5. The monoisotopic (exact) mass is 415 g/mol. The molecule has 7 nitrogen and oxygen atoms in total. The molecule has 0 radical (unpaired) electrons. The average Bonchev–Trinajstić information content (AvgIpc) is 3.32. The lowest BCUT2D eigenvalue weighted by atomic mass is 10.1. The number of ether oxygens (including phenoxy) is 3. The van der Waals surface area contributed by atoms with Crippen molar-refractivity contribution in [3.63, 3.8) is 0 Å². The number of aromatic hydroxyl groups is 2. The number of carbonyl (C=O) groups excluding carboxylic acids is 1. The van der Waals surface area contributed by atoms with Crippen LogP contribution >= 0.6 is 0 Å². The van der Waals surface area contributed by atoms with Gasteiger partial charge < -0.3 is 24.4 Å². The van der Waals surface area contributed by atoms with Crippen LogP contribution in [0.5, 0.6) is 23.0 Å². The van der Waals surface area contributed by atoms with E-state index < -0.39 is 0 Å². The van der Waals surface area contributed by atoms with Crippen molar-refractivity contribution in [1.29, 1.82) is 0 Å². The number of nitrogens with zero attached hydrogens (tertiary/aromatic N) is 1. The van der Waals surface area contributed by atoms with Gasteiger partial charge in [0.1, 0.15) is 0 Å². The fourth-order valence-corrected chi connectivity index (χ4v) is 2.36. The first-order chi connectivity index (χ1) is 14.4. The van der Waals surface area contributed by atoms with Crippen LogP contribution in [0.2, 0.25) is 0 Å². The maximum Gasteiger partial charge on any atom is 0.191 e. The molecule has 3 rings (SSSR count). The highest BCUT2D eigenvalue weighted by atomic mass is 16.5. The largest absolute Gasteiger partial charge is 0.504 e. The third-order valence-electron chi connectivity index (χ3n) is 3.87. The number of phenols is 2. The molecule has 2 N–H and O–H groups in total. The van der Waals surface area contributed by atoms with Gasteiger partial charge in [-0.25, -0.2) is 4.85 Å². The molecule has 1 saturated heterocycles. The van der Waals surface area contributed by atoms with Gasteiger partial charge in [0.25, 0.3) is 0 Å². The molecular weight excluding hydrogens is 386 g/mol. The Bertz CT molecular complexity index is 832. The number of Topliss-reactive ketones (excluding diaryl/α,β-unsaturated/α-hetero) is 1. The third-order valence-corrected chi connectivity index (χ3v) is 3.87. The molecule has 1 aliphatic rings. The Morgan fingerprint density at radius 2 is 1.53 bits per heavy atom. The van der Waals surface area contributed by atoms with Crippen molar-refractivity contribution in [1.82, 2.24) is 0 Å². The quantitative estimate of drug-likeness (QED) is 0.520. The summed E-state index contributed by atoms with van der Waals surface area (Å²) < 4.78 is 15.2. The molecule has 30 heavy (non-hydrogen) atoms. The van der Waals surface area contributed by atoms with E-state index in [0.29, 0.717) is 36.0 Å². The summed E-state index contributed by atoms with van der Waals surface area (Å²) in [5.74, 6) is 0.818. The lowest BCUT2D eigenvalue weighted by molar-refractivity contribution is 0.101. The molecule has 0 amide bonds. The number of carbonyl (C=O) groups is 1. The number of ketones is 1. The highest BCUT2D eigenvalue weighted by molar-refractivity contribution is 5.94. The predicted octanol–water partition coefficient (Wildman–Crippen LogP) is 5.13. The van der Waals surface area contributed by atoms with E-state index in [2.05, 4.69) is 4.85 Å². The van der Waals surface area contributed by atoms with Gasteiger partial charge >= 0.3 is 0 Å². The van der Waals surface area contributed by atoms with Crippen LogP contribution < -0.4 is 9.47 Å². The van der Waals surface area contributed by atoms with E-state index in [-0.39, 0.29) is 17.3 Å². The highest BCUT2D eigenvalue weighted by Gasteiger charge is 2.05. The van der Waals surface area contributed by atoms with E-state index >= 15 is 0 Å². The van der Waals surface area contributed by atoms with E-state index in [0.717, 1.165) is 13.2 Å². The van der Waals surface area contributed by atoms with Gasteiger partial charge in [-0.1, -0.05) is 6.07 Å². The Morgan fingerprint density at radius 3 is 1.97 bits per heavy atom. The zero-order chi connectivity index (χ0) is 22.4. The van der Waals surface area contributed by atoms with Crippen LogP contribution in [0.3, 0.4) is 0 Å². The summed E-state index contributed by atoms with van der Waals surface area (Å²) in [6.07, 6.45) is 2.56. The highest BCUT2D eigenvalue weighted by Crippen LogP contribution is 2.30. The molecule has 0 atom stereocenters. The fourth-order valence-electron chi connectivity index (χ4n) is 2.36. The molecule has 0 aliphatic carbocycles. The van der Waals surface area contributed by atoms with Crippen molar-refractivity contribution in [3.05, 3.63) is 53.4 Å². The van der Waals surface area contributed by atoms with E-state index in [1.807, 2.05) is 13.8 Å². The molecule has 2 aromatic carbocycles. The zero-order valence-electron chi connectivity index (χ0n) is 17.7. The first-order valence-corrected chi connectivity index (χ1v) is 9.80. The van der Waals surface area contributed by atoms with Crippen molar-refractivity contribution >= 4 is 11.5 Å². The summed E-state index contributed by atoms with van der Waals surface area (Å²) >= 11 is 0. The SMILES string of the molecule is C1CCOC1.CCOc1cc(C(C)=O)ccc1O.[C-]#[N+]c1ccc(O)c(OCC)c1. The molecule has 1 aliphatic heterocycles. The van der Waals surface area contributed by atoms with Crippen molar-refractivity contribution in [2.45, 2.75) is 33.6 Å². The normalized spacial score (nSPS) is 11.8. The second-order valence-electron chi connectivity index (χ2n) is 6.19. The zero-order valence-corrected chi connectivity index (χ0v) is 17.7. The number of hydrogen-bond acceptors (Lipinski definition) is 6. The molecule has 0 unspecified atom stereocenters. The topological polar surface area (TPSA) is 89.6 Å². The maximum absolute atomic E-state index is 11.0. The molecule has 162 valence electrons. The lowest BCUT2D eigenvalue weighted by Crippen LogP contribution is -1.96. The summed E-state index contributed by atoms with van der Waals surface area (Å²) in [5.41, 5.74) is 1.01. The molecule has 2 aromatic rings. The van der Waals surface area contributed by atoms with Crippen LogP contribution in [0.4, 0.5) is 5.69 Å². The van der Waals surface area contributed by atoms with Crippen molar-refractivity contribution in [2.24, 2.45) is 0 Å². The Labute approximate surface area is 177 Å². The van der Waals surface area contributed by atoms with Crippen molar-refractivity contribution in [3.8, 4) is 23.0 Å². The number of rotatable bonds is 5. The minimum Gasteiger partial charge on any atom is -0.504 e. The standard InChI is InChI=1S/C10H12O3.C9H9NO2.C4H8O/c1-3-13-10-6-8(7(2)11)4-5-9(10)12;1-3-12-9-6-7(10-2)4-5-8(9)11;1-2-4-5-3-1/h4-6,12H,3H2,1-2H3;4-6,11H,3H2,1H3;1-4H2. The van der Waals surface area contributed by atoms with Gasteiger partial charge in [0.2, 0.25) is 0 Å².